The fourth-order valence-electron chi connectivity index (χ4n) is 3.61. The second kappa shape index (κ2) is 6.77. The normalized spacial score (nSPS) is 11.4. The van der Waals surface area contributed by atoms with E-state index in [2.05, 4.69) is 35.1 Å². The van der Waals surface area contributed by atoms with Gasteiger partial charge in [0.2, 0.25) is 0 Å². The SMILES string of the molecule is Fc1c(-c2cccnc2)ncc2[nH]nc(-c3nc4c(-c5cccnc5)nccc4[nH]3)c12. The summed E-state index contributed by atoms with van der Waals surface area (Å²) >= 11 is 0. The van der Waals surface area contributed by atoms with E-state index in [-0.39, 0.29) is 5.69 Å². The molecule has 0 aliphatic rings. The molecule has 0 saturated heterocycles. The number of nitrogens with zero attached hydrogens (tertiary/aromatic N) is 6. The molecule has 0 unspecified atom stereocenters. The van der Waals surface area contributed by atoms with Crippen LogP contribution in [0.4, 0.5) is 4.39 Å². The molecule has 8 nitrogen and oxygen atoms in total. The van der Waals surface area contributed by atoms with Crippen LogP contribution in [-0.4, -0.2) is 40.1 Å². The molecule has 2 N–H and O–H groups in total. The molecule has 148 valence electrons. The lowest BCUT2D eigenvalue weighted by molar-refractivity contribution is 0.638. The number of hydrogen-bond acceptors (Lipinski definition) is 6. The molecule has 0 aliphatic heterocycles. The molecule has 0 aromatic carbocycles. The van der Waals surface area contributed by atoms with Crippen molar-refractivity contribution in [1.29, 1.82) is 0 Å². The van der Waals surface area contributed by atoms with Crippen LogP contribution in [0.5, 0.6) is 0 Å². The zero-order valence-corrected chi connectivity index (χ0v) is 15.9. The van der Waals surface area contributed by atoms with Crippen molar-refractivity contribution in [1.82, 2.24) is 40.1 Å². The van der Waals surface area contributed by atoms with Gasteiger partial charge in [0.15, 0.2) is 11.6 Å². The maximum Gasteiger partial charge on any atom is 0.161 e. The van der Waals surface area contributed by atoms with Crippen LogP contribution < -0.4 is 0 Å². The lowest BCUT2D eigenvalue weighted by Gasteiger charge is -2.03. The van der Waals surface area contributed by atoms with Crippen LogP contribution in [0.2, 0.25) is 0 Å². The minimum Gasteiger partial charge on any atom is -0.336 e. The van der Waals surface area contributed by atoms with E-state index in [1.807, 2.05) is 18.2 Å². The van der Waals surface area contributed by atoms with E-state index in [9.17, 15) is 0 Å². The summed E-state index contributed by atoms with van der Waals surface area (Å²) in [6.45, 7) is 0. The highest BCUT2D eigenvalue weighted by Crippen LogP contribution is 2.33. The molecule has 31 heavy (non-hydrogen) atoms. The predicted molar refractivity (Wildman–Crippen MR) is 113 cm³/mol. The minimum atomic E-state index is -0.486. The topological polar surface area (TPSA) is 109 Å². The summed E-state index contributed by atoms with van der Waals surface area (Å²) in [4.78, 5) is 24.9. The van der Waals surface area contributed by atoms with Crippen molar-refractivity contribution in [2.75, 3.05) is 0 Å². The Kier molecular flexibility index (Phi) is 3.79. The Hall–Kier alpha value is -4.53. The van der Waals surface area contributed by atoms with Crippen molar-refractivity contribution >= 4 is 21.9 Å². The van der Waals surface area contributed by atoms with Crippen molar-refractivity contribution in [3.63, 3.8) is 0 Å². The summed E-state index contributed by atoms with van der Waals surface area (Å²) in [6.07, 6.45) is 9.88. The van der Waals surface area contributed by atoms with E-state index in [4.69, 9.17) is 4.98 Å². The Labute approximate surface area is 174 Å². The Morgan fingerprint density at radius 3 is 2.26 bits per heavy atom. The number of aromatic nitrogens is 8. The average molecular weight is 408 g/mol. The zero-order chi connectivity index (χ0) is 20.8. The van der Waals surface area contributed by atoms with Crippen LogP contribution in [0, 0.1) is 5.82 Å². The molecule has 6 aromatic rings. The first-order chi connectivity index (χ1) is 15.3. The fourth-order valence-corrected chi connectivity index (χ4v) is 3.61. The maximum absolute atomic E-state index is 15.5. The first-order valence-corrected chi connectivity index (χ1v) is 9.48. The average Bonchev–Trinajstić information content (AvgIpc) is 3.45. The number of halogens is 1. The maximum atomic E-state index is 15.5. The number of rotatable bonds is 3. The summed E-state index contributed by atoms with van der Waals surface area (Å²) in [6, 6.07) is 9.07. The second-order valence-electron chi connectivity index (χ2n) is 6.91. The second-order valence-corrected chi connectivity index (χ2v) is 6.91. The fraction of sp³-hybridized carbons (Fsp3) is 0. The molecular formula is C22H13FN8. The molecule has 0 spiro atoms. The zero-order valence-electron chi connectivity index (χ0n) is 15.9. The van der Waals surface area contributed by atoms with Gasteiger partial charge in [-0.3, -0.25) is 25.0 Å². The van der Waals surface area contributed by atoms with Crippen molar-refractivity contribution in [2.24, 2.45) is 0 Å². The van der Waals surface area contributed by atoms with Gasteiger partial charge in [0.05, 0.1) is 28.3 Å². The molecule has 6 heterocycles. The molecule has 0 amide bonds. The Morgan fingerprint density at radius 1 is 0.742 bits per heavy atom. The van der Waals surface area contributed by atoms with Crippen molar-refractivity contribution in [3.8, 4) is 34.0 Å². The highest BCUT2D eigenvalue weighted by molar-refractivity contribution is 5.97. The Morgan fingerprint density at radius 2 is 1.52 bits per heavy atom. The van der Waals surface area contributed by atoms with Crippen LogP contribution in [0.25, 0.3) is 56.0 Å². The van der Waals surface area contributed by atoms with Gasteiger partial charge in [0, 0.05) is 42.1 Å². The summed E-state index contributed by atoms with van der Waals surface area (Å²) in [7, 11) is 0. The number of aromatic amines is 2. The van der Waals surface area contributed by atoms with Gasteiger partial charge in [-0.15, -0.1) is 0 Å². The highest BCUT2D eigenvalue weighted by Gasteiger charge is 2.21. The van der Waals surface area contributed by atoms with E-state index < -0.39 is 5.82 Å². The lowest BCUT2D eigenvalue weighted by atomic mass is 10.1. The number of imidazole rings is 1. The summed E-state index contributed by atoms with van der Waals surface area (Å²) in [5.41, 5.74) is 4.59. The molecule has 6 rings (SSSR count). The van der Waals surface area contributed by atoms with Gasteiger partial charge in [-0.2, -0.15) is 5.10 Å². The van der Waals surface area contributed by atoms with E-state index >= 15 is 4.39 Å². The largest absolute Gasteiger partial charge is 0.336 e. The van der Waals surface area contributed by atoms with Crippen LogP contribution in [0.1, 0.15) is 0 Å². The van der Waals surface area contributed by atoms with Crippen molar-refractivity contribution in [3.05, 3.63) is 73.3 Å². The van der Waals surface area contributed by atoms with Gasteiger partial charge in [0.1, 0.15) is 16.9 Å². The first-order valence-electron chi connectivity index (χ1n) is 9.48. The van der Waals surface area contributed by atoms with Crippen LogP contribution in [0.3, 0.4) is 0 Å². The van der Waals surface area contributed by atoms with Gasteiger partial charge in [-0.05, 0) is 30.3 Å². The van der Waals surface area contributed by atoms with Crippen LogP contribution >= 0.6 is 0 Å². The predicted octanol–water partition coefficient (Wildman–Crippen LogP) is 4.16. The molecule has 0 bridgehead atoms. The Balaban J connectivity index is 1.56. The quantitative estimate of drug-likeness (QED) is 0.455. The van der Waals surface area contributed by atoms with E-state index in [1.54, 1.807) is 49.3 Å². The lowest BCUT2D eigenvalue weighted by Crippen LogP contribution is -1.92. The monoisotopic (exact) mass is 408 g/mol. The van der Waals surface area contributed by atoms with Gasteiger partial charge in [-0.25, -0.2) is 9.37 Å². The van der Waals surface area contributed by atoms with Crippen LogP contribution in [-0.2, 0) is 0 Å². The third kappa shape index (κ3) is 2.75. The molecular weight excluding hydrogens is 395 g/mol. The third-order valence-corrected chi connectivity index (χ3v) is 5.04. The number of fused-ring (bicyclic) bond motifs is 2. The number of hydrogen-bond donors (Lipinski definition) is 2. The first kappa shape index (κ1) is 17.3. The third-order valence-electron chi connectivity index (χ3n) is 5.04. The number of pyridine rings is 4. The van der Waals surface area contributed by atoms with E-state index in [0.717, 1.165) is 11.1 Å². The van der Waals surface area contributed by atoms with Gasteiger partial charge >= 0.3 is 0 Å². The molecule has 0 radical (unpaired) electrons. The molecule has 9 heteroatoms. The number of nitrogens with one attached hydrogen (secondary N) is 2. The smallest absolute Gasteiger partial charge is 0.161 e. The van der Waals surface area contributed by atoms with Crippen LogP contribution in [0.15, 0.2) is 67.5 Å². The van der Waals surface area contributed by atoms with E-state index in [0.29, 0.717) is 39.2 Å². The molecule has 0 atom stereocenters. The Bertz CT molecular complexity index is 1540. The highest BCUT2D eigenvalue weighted by atomic mass is 19.1. The summed E-state index contributed by atoms with van der Waals surface area (Å²) < 4.78 is 15.5. The summed E-state index contributed by atoms with van der Waals surface area (Å²) in [5.74, 6) is -0.0538. The van der Waals surface area contributed by atoms with Gasteiger partial charge in [-0.1, -0.05) is 0 Å². The van der Waals surface area contributed by atoms with E-state index in [1.165, 1.54) is 0 Å². The molecule has 0 aliphatic carbocycles. The number of H-pyrrole nitrogens is 2. The minimum absolute atomic E-state index is 0.206. The summed E-state index contributed by atoms with van der Waals surface area (Å²) in [5, 5.41) is 7.46. The van der Waals surface area contributed by atoms with Gasteiger partial charge in [0.25, 0.3) is 0 Å². The molecule has 0 saturated carbocycles. The molecule has 0 fully saturated rings. The van der Waals surface area contributed by atoms with Crippen molar-refractivity contribution < 1.29 is 4.39 Å². The molecule has 6 aromatic heterocycles. The van der Waals surface area contributed by atoms with Crippen molar-refractivity contribution in [2.45, 2.75) is 0 Å². The standard InChI is InChI=1S/C22H13FN8/c23-17-16-15(11-27-18(17)12-3-1-6-24-9-12)30-31-21(16)22-28-14-5-8-26-19(20(14)29-22)13-4-2-7-25-10-13/h1-11H,(H,28,29)(H,30,31). The van der Waals surface area contributed by atoms with Gasteiger partial charge < -0.3 is 4.98 Å².